The minimum absolute atomic E-state index is 0.114. The smallest absolute Gasteiger partial charge is 0.410 e. The third-order valence-corrected chi connectivity index (χ3v) is 5.48. The molecule has 22 heavy (non-hydrogen) atoms. The molecule has 3 aliphatic rings. The van der Waals surface area contributed by atoms with Gasteiger partial charge in [-0.3, -0.25) is 4.79 Å². The molecule has 0 aromatic heterocycles. The minimum atomic E-state index is -0.209. The van der Waals surface area contributed by atoms with E-state index in [9.17, 15) is 9.59 Å². The first-order valence-corrected chi connectivity index (χ1v) is 8.49. The number of amides is 2. The quantitative estimate of drug-likeness (QED) is 0.752. The lowest BCUT2D eigenvalue weighted by Gasteiger charge is -2.55. The average Bonchev–Trinajstić information content (AvgIpc) is 2.51. The number of piperidine rings is 3. The molecule has 0 aromatic rings. The van der Waals surface area contributed by atoms with Crippen molar-refractivity contribution in [3.05, 3.63) is 12.7 Å². The van der Waals surface area contributed by atoms with E-state index in [1.807, 2.05) is 17.9 Å². The lowest BCUT2D eigenvalue weighted by molar-refractivity contribution is -0.146. The third kappa shape index (κ3) is 2.61. The highest BCUT2D eigenvalue weighted by Gasteiger charge is 2.48. The van der Waals surface area contributed by atoms with Gasteiger partial charge in [0.05, 0.1) is 6.61 Å². The Kier molecular flexibility index (Phi) is 4.41. The van der Waals surface area contributed by atoms with Gasteiger partial charge in [0.1, 0.15) is 0 Å². The zero-order valence-electron chi connectivity index (χ0n) is 13.4. The molecule has 0 aliphatic carbocycles. The van der Waals surface area contributed by atoms with Crippen molar-refractivity contribution in [1.29, 1.82) is 0 Å². The Morgan fingerprint density at radius 1 is 1.41 bits per heavy atom. The summed E-state index contributed by atoms with van der Waals surface area (Å²) in [5.74, 6) is 1.04. The van der Waals surface area contributed by atoms with Gasteiger partial charge in [-0.1, -0.05) is 6.08 Å². The predicted molar refractivity (Wildman–Crippen MR) is 83.3 cm³/mol. The second kappa shape index (κ2) is 6.31. The van der Waals surface area contributed by atoms with Crippen LogP contribution in [0.4, 0.5) is 4.79 Å². The number of likely N-dealkylation sites (tertiary alicyclic amines) is 1. The molecular weight excluding hydrogens is 280 g/mol. The molecule has 4 atom stereocenters. The first-order chi connectivity index (χ1) is 10.7. The van der Waals surface area contributed by atoms with Crippen LogP contribution < -0.4 is 0 Å². The highest BCUT2D eigenvalue weighted by Crippen LogP contribution is 2.41. The van der Waals surface area contributed by atoms with Crippen molar-refractivity contribution in [2.24, 2.45) is 11.8 Å². The van der Waals surface area contributed by atoms with Crippen LogP contribution in [0.3, 0.4) is 0 Å². The van der Waals surface area contributed by atoms with Crippen LogP contribution in [0, 0.1) is 11.8 Å². The van der Waals surface area contributed by atoms with E-state index in [1.165, 1.54) is 0 Å². The molecule has 0 aromatic carbocycles. The van der Waals surface area contributed by atoms with E-state index in [2.05, 4.69) is 11.5 Å². The maximum Gasteiger partial charge on any atom is 0.410 e. The Labute approximate surface area is 132 Å². The van der Waals surface area contributed by atoms with E-state index in [-0.39, 0.29) is 12.1 Å². The number of hydrogen-bond donors (Lipinski definition) is 0. The van der Waals surface area contributed by atoms with Crippen LogP contribution >= 0.6 is 0 Å². The Bertz CT molecular complexity index is 465. The summed E-state index contributed by atoms with van der Waals surface area (Å²) in [7, 11) is 0. The van der Waals surface area contributed by atoms with Gasteiger partial charge in [0, 0.05) is 31.6 Å². The fraction of sp³-hybridized carbons (Fsp3) is 0.765. The van der Waals surface area contributed by atoms with Gasteiger partial charge in [-0.05, 0) is 44.4 Å². The first kappa shape index (κ1) is 15.4. The van der Waals surface area contributed by atoms with Gasteiger partial charge in [0.15, 0.2) is 0 Å². The molecule has 5 heteroatoms. The maximum absolute atomic E-state index is 12.3. The summed E-state index contributed by atoms with van der Waals surface area (Å²) in [4.78, 5) is 28.6. The molecule has 0 saturated carbocycles. The molecule has 2 amide bonds. The van der Waals surface area contributed by atoms with E-state index in [0.29, 0.717) is 43.4 Å². The molecule has 5 nitrogen and oxygen atoms in total. The van der Waals surface area contributed by atoms with E-state index in [0.717, 1.165) is 32.2 Å². The van der Waals surface area contributed by atoms with Crippen LogP contribution in [-0.4, -0.2) is 53.6 Å². The number of nitrogens with zero attached hydrogens (tertiary/aromatic N) is 2. The molecule has 3 fully saturated rings. The van der Waals surface area contributed by atoms with Gasteiger partial charge < -0.3 is 14.5 Å². The SMILES string of the molecule is C=CCC1C2CC(CN1C(=O)OCC)C1CCCC(=O)N1C2. The lowest BCUT2D eigenvalue weighted by Crippen LogP contribution is -2.64. The fourth-order valence-corrected chi connectivity index (χ4v) is 4.57. The second-order valence-corrected chi connectivity index (χ2v) is 6.70. The molecule has 0 radical (unpaired) electrons. The van der Waals surface area contributed by atoms with Crippen LogP contribution in [0.25, 0.3) is 0 Å². The Morgan fingerprint density at radius 2 is 2.23 bits per heavy atom. The van der Waals surface area contributed by atoms with E-state index in [4.69, 9.17) is 4.74 Å². The number of ether oxygens (including phenoxy) is 1. The van der Waals surface area contributed by atoms with Crippen LogP contribution in [0.2, 0.25) is 0 Å². The second-order valence-electron chi connectivity index (χ2n) is 6.70. The molecule has 0 N–H and O–H groups in total. The largest absolute Gasteiger partial charge is 0.450 e. The van der Waals surface area contributed by atoms with Crippen LogP contribution in [0.5, 0.6) is 0 Å². The van der Waals surface area contributed by atoms with E-state index < -0.39 is 0 Å². The van der Waals surface area contributed by atoms with Gasteiger partial charge in [0.2, 0.25) is 5.91 Å². The molecule has 3 rings (SSSR count). The molecule has 122 valence electrons. The van der Waals surface area contributed by atoms with Crippen LogP contribution in [0.15, 0.2) is 12.7 Å². The molecule has 3 aliphatic heterocycles. The molecule has 4 unspecified atom stereocenters. The Hall–Kier alpha value is -1.52. The zero-order chi connectivity index (χ0) is 15.7. The van der Waals surface area contributed by atoms with Gasteiger partial charge in [-0.15, -0.1) is 6.58 Å². The number of carbonyl (C=O) groups excluding carboxylic acids is 2. The highest BCUT2D eigenvalue weighted by molar-refractivity contribution is 5.77. The summed E-state index contributed by atoms with van der Waals surface area (Å²) in [6.45, 7) is 7.58. The summed E-state index contributed by atoms with van der Waals surface area (Å²) in [5.41, 5.74) is 0. The van der Waals surface area contributed by atoms with Crippen molar-refractivity contribution in [2.75, 3.05) is 19.7 Å². The Balaban J connectivity index is 1.82. The summed E-state index contributed by atoms with van der Waals surface area (Å²) < 4.78 is 5.25. The van der Waals surface area contributed by atoms with Crippen molar-refractivity contribution in [2.45, 2.75) is 51.1 Å². The standard InChI is InChI=1S/C17H26N2O3/c1-3-6-14-12-9-13(11-19(14)17(21)22-4-2)15-7-5-8-16(20)18(15)10-12/h3,12-15H,1,4-11H2,2H3. The molecule has 2 bridgehead atoms. The Morgan fingerprint density at radius 3 is 2.95 bits per heavy atom. The minimum Gasteiger partial charge on any atom is -0.450 e. The maximum atomic E-state index is 12.3. The van der Waals surface area contributed by atoms with Gasteiger partial charge in [0.25, 0.3) is 0 Å². The lowest BCUT2D eigenvalue weighted by atomic mass is 9.72. The topological polar surface area (TPSA) is 49.9 Å². The van der Waals surface area contributed by atoms with Crippen molar-refractivity contribution < 1.29 is 14.3 Å². The van der Waals surface area contributed by atoms with Gasteiger partial charge in [-0.2, -0.15) is 0 Å². The van der Waals surface area contributed by atoms with Crippen molar-refractivity contribution in [3.8, 4) is 0 Å². The van der Waals surface area contributed by atoms with Gasteiger partial charge >= 0.3 is 6.09 Å². The molecule has 3 heterocycles. The highest BCUT2D eigenvalue weighted by atomic mass is 16.6. The fourth-order valence-electron chi connectivity index (χ4n) is 4.57. The average molecular weight is 306 g/mol. The van der Waals surface area contributed by atoms with Crippen LogP contribution in [0.1, 0.15) is 39.0 Å². The van der Waals surface area contributed by atoms with E-state index in [1.54, 1.807) is 0 Å². The molecular formula is C17H26N2O3. The summed E-state index contributed by atoms with van der Waals surface area (Å²) >= 11 is 0. The van der Waals surface area contributed by atoms with Crippen molar-refractivity contribution in [1.82, 2.24) is 9.80 Å². The number of hydrogen-bond acceptors (Lipinski definition) is 3. The van der Waals surface area contributed by atoms with Crippen molar-refractivity contribution >= 4 is 12.0 Å². The number of rotatable bonds is 3. The number of carbonyl (C=O) groups is 2. The van der Waals surface area contributed by atoms with Crippen molar-refractivity contribution in [3.63, 3.8) is 0 Å². The van der Waals surface area contributed by atoms with Gasteiger partial charge in [-0.25, -0.2) is 4.79 Å². The van der Waals surface area contributed by atoms with E-state index >= 15 is 0 Å². The normalized spacial score (nSPS) is 34.1. The predicted octanol–water partition coefficient (Wildman–Crippen LogP) is 2.42. The summed E-state index contributed by atoms with van der Waals surface area (Å²) in [6, 6.07) is 0.433. The zero-order valence-corrected chi connectivity index (χ0v) is 13.4. The summed E-state index contributed by atoms with van der Waals surface area (Å²) in [5, 5.41) is 0. The molecule has 3 saturated heterocycles. The summed E-state index contributed by atoms with van der Waals surface area (Å²) in [6.07, 6.45) is 6.29. The van der Waals surface area contributed by atoms with Crippen LogP contribution in [-0.2, 0) is 9.53 Å². The first-order valence-electron chi connectivity index (χ1n) is 8.49. The number of fused-ring (bicyclic) bond motifs is 4. The molecule has 0 spiro atoms. The third-order valence-electron chi connectivity index (χ3n) is 5.48. The monoisotopic (exact) mass is 306 g/mol.